The summed E-state index contributed by atoms with van der Waals surface area (Å²) in [5.74, 6) is 0. The Morgan fingerprint density at radius 1 is 1.15 bits per heavy atom. The van der Waals surface area contributed by atoms with Gasteiger partial charge in [-0.25, -0.2) is 4.79 Å². The number of carbonyl (C=O) groups is 1. The number of alkyl carbamates (subject to hydrolysis) is 1. The fraction of sp³-hybridized carbons (Fsp3) is 0.929. The fourth-order valence-electron chi connectivity index (χ4n) is 1.39. The molecule has 0 saturated heterocycles. The lowest BCUT2D eigenvalue weighted by molar-refractivity contribution is 0.0317. The largest absolute Gasteiger partial charge is 0.444 e. The van der Waals surface area contributed by atoms with Crippen molar-refractivity contribution in [2.24, 2.45) is 5.41 Å². The van der Waals surface area contributed by atoms with Gasteiger partial charge >= 0.3 is 6.09 Å². The van der Waals surface area contributed by atoms with Crippen molar-refractivity contribution in [3.05, 3.63) is 0 Å². The van der Waals surface area contributed by atoms with Gasteiger partial charge in [0.2, 0.25) is 0 Å². The van der Waals surface area contributed by atoms with E-state index in [1.165, 1.54) is 0 Å². The summed E-state index contributed by atoms with van der Waals surface area (Å²) in [5, 5.41) is 12.1. The van der Waals surface area contributed by atoms with Crippen LogP contribution < -0.4 is 5.32 Å². The number of aliphatic hydroxyl groups is 1. The Bertz CT molecular complexity index is 277. The van der Waals surface area contributed by atoms with Gasteiger partial charge in [-0.2, -0.15) is 0 Å². The summed E-state index contributed by atoms with van der Waals surface area (Å²) >= 11 is 0. The van der Waals surface area contributed by atoms with Crippen molar-refractivity contribution < 1.29 is 24.1 Å². The molecule has 0 heterocycles. The minimum Gasteiger partial charge on any atom is -0.444 e. The topological polar surface area (TPSA) is 77.0 Å². The van der Waals surface area contributed by atoms with Gasteiger partial charge in [-0.15, -0.1) is 0 Å². The predicted octanol–water partition coefficient (Wildman–Crippen LogP) is 1.56. The lowest BCUT2D eigenvalue weighted by Gasteiger charge is -2.28. The van der Waals surface area contributed by atoms with Crippen LogP contribution in [0.2, 0.25) is 0 Å². The van der Waals surface area contributed by atoms with Gasteiger partial charge in [0.1, 0.15) is 5.60 Å². The van der Waals surface area contributed by atoms with E-state index >= 15 is 0 Å². The molecule has 0 radical (unpaired) electrons. The molecule has 0 spiro atoms. The molecule has 0 bridgehead atoms. The standard InChI is InChI=1S/C14H29NO5/c1-13(2,3)20-12(17)15-10-14(4,11-16)6-7-19-9-8-18-5/h16H,6-11H2,1-5H3,(H,15,17). The lowest BCUT2D eigenvalue weighted by Crippen LogP contribution is -2.41. The van der Waals surface area contributed by atoms with Gasteiger partial charge in [0.05, 0.1) is 19.8 Å². The second-order valence-electron chi connectivity index (χ2n) is 6.18. The Morgan fingerprint density at radius 2 is 1.80 bits per heavy atom. The highest BCUT2D eigenvalue weighted by Gasteiger charge is 2.25. The molecule has 1 amide bonds. The maximum atomic E-state index is 11.6. The summed E-state index contributed by atoms with van der Waals surface area (Å²) in [7, 11) is 1.62. The third-order valence-corrected chi connectivity index (χ3v) is 2.72. The number of nitrogens with one attached hydrogen (secondary N) is 1. The normalized spacial score (nSPS) is 14.7. The summed E-state index contributed by atoms with van der Waals surface area (Å²) < 4.78 is 15.4. The van der Waals surface area contributed by atoms with E-state index in [0.29, 0.717) is 32.8 Å². The summed E-state index contributed by atoms with van der Waals surface area (Å²) in [5.41, 5.74) is -0.951. The first-order chi connectivity index (χ1) is 9.22. The van der Waals surface area contributed by atoms with Crippen LogP contribution in [0.3, 0.4) is 0 Å². The van der Waals surface area contributed by atoms with Gasteiger partial charge in [0.15, 0.2) is 0 Å². The van der Waals surface area contributed by atoms with E-state index < -0.39 is 17.1 Å². The quantitative estimate of drug-likeness (QED) is 0.630. The zero-order valence-electron chi connectivity index (χ0n) is 13.3. The zero-order chi connectivity index (χ0) is 15.6. The third-order valence-electron chi connectivity index (χ3n) is 2.72. The van der Waals surface area contributed by atoms with Gasteiger partial charge in [0.25, 0.3) is 0 Å². The molecular weight excluding hydrogens is 262 g/mol. The van der Waals surface area contributed by atoms with Crippen LogP contribution in [0.5, 0.6) is 0 Å². The number of hydrogen-bond acceptors (Lipinski definition) is 5. The zero-order valence-corrected chi connectivity index (χ0v) is 13.3. The average molecular weight is 291 g/mol. The first-order valence-electron chi connectivity index (χ1n) is 6.87. The van der Waals surface area contributed by atoms with Crippen molar-refractivity contribution in [1.82, 2.24) is 5.32 Å². The first-order valence-corrected chi connectivity index (χ1v) is 6.87. The average Bonchev–Trinajstić information content (AvgIpc) is 2.34. The Hall–Kier alpha value is -0.850. The van der Waals surface area contributed by atoms with Gasteiger partial charge in [-0.3, -0.25) is 0 Å². The molecule has 0 rings (SSSR count). The van der Waals surface area contributed by atoms with E-state index in [1.54, 1.807) is 7.11 Å². The second-order valence-corrected chi connectivity index (χ2v) is 6.18. The molecule has 0 aromatic rings. The van der Waals surface area contributed by atoms with Crippen LogP contribution in [0.1, 0.15) is 34.1 Å². The highest BCUT2D eigenvalue weighted by molar-refractivity contribution is 5.67. The number of methoxy groups -OCH3 is 1. The Balaban J connectivity index is 4.01. The second kappa shape index (κ2) is 9.15. The highest BCUT2D eigenvalue weighted by atomic mass is 16.6. The molecule has 0 fully saturated rings. The fourth-order valence-corrected chi connectivity index (χ4v) is 1.39. The molecule has 1 atom stereocenters. The summed E-state index contributed by atoms with van der Waals surface area (Å²) in [6.07, 6.45) is 0.167. The molecule has 0 aliphatic heterocycles. The monoisotopic (exact) mass is 291 g/mol. The van der Waals surface area contributed by atoms with Gasteiger partial charge in [-0.05, 0) is 27.2 Å². The van der Waals surface area contributed by atoms with Crippen molar-refractivity contribution in [2.45, 2.75) is 39.7 Å². The minimum absolute atomic E-state index is 0.0313. The van der Waals surface area contributed by atoms with E-state index in [2.05, 4.69) is 5.32 Å². The predicted molar refractivity (Wildman–Crippen MR) is 76.7 cm³/mol. The molecule has 20 heavy (non-hydrogen) atoms. The molecule has 0 saturated carbocycles. The van der Waals surface area contributed by atoms with Crippen LogP contribution in [-0.2, 0) is 14.2 Å². The summed E-state index contributed by atoms with van der Waals surface area (Å²) in [4.78, 5) is 11.6. The number of ether oxygens (including phenoxy) is 3. The lowest BCUT2D eigenvalue weighted by atomic mass is 9.88. The smallest absolute Gasteiger partial charge is 0.407 e. The maximum Gasteiger partial charge on any atom is 0.407 e. The van der Waals surface area contributed by atoms with Crippen LogP contribution >= 0.6 is 0 Å². The summed E-state index contributed by atoms with van der Waals surface area (Å²) in [6, 6.07) is 0. The SMILES string of the molecule is COCCOCCC(C)(CO)CNC(=O)OC(C)(C)C. The van der Waals surface area contributed by atoms with Crippen LogP contribution in [-0.4, -0.2) is 56.9 Å². The van der Waals surface area contributed by atoms with E-state index in [4.69, 9.17) is 14.2 Å². The Labute approximate surface area is 121 Å². The molecule has 120 valence electrons. The molecule has 2 N–H and O–H groups in total. The minimum atomic E-state index is -0.525. The van der Waals surface area contributed by atoms with Gasteiger partial charge in [-0.1, -0.05) is 6.92 Å². The van der Waals surface area contributed by atoms with Crippen molar-refractivity contribution in [3.8, 4) is 0 Å². The number of rotatable bonds is 9. The van der Waals surface area contributed by atoms with Crippen LogP contribution in [0, 0.1) is 5.41 Å². The third kappa shape index (κ3) is 10.00. The van der Waals surface area contributed by atoms with Crippen molar-refractivity contribution in [3.63, 3.8) is 0 Å². The molecule has 0 aromatic carbocycles. The number of hydrogen-bond donors (Lipinski definition) is 2. The van der Waals surface area contributed by atoms with Crippen molar-refractivity contribution in [2.75, 3.05) is 40.1 Å². The van der Waals surface area contributed by atoms with Crippen molar-refractivity contribution >= 4 is 6.09 Å². The first kappa shape index (κ1) is 19.1. The molecule has 1 unspecified atom stereocenters. The van der Waals surface area contributed by atoms with E-state index in [-0.39, 0.29) is 6.61 Å². The Kier molecular flexibility index (Phi) is 8.76. The number of amides is 1. The molecule has 6 heteroatoms. The van der Waals surface area contributed by atoms with E-state index in [9.17, 15) is 9.90 Å². The van der Waals surface area contributed by atoms with E-state index in [1.807, 2.05) is 27.7 Å². The van der Waals surface area contributed by atoms with Crippen LogP contribution in [0.15, 0.2) is 0 Å². The molecule has 6 nitrogen and oxygen atoms in total. The van der Waals surface area contributed by atoms with Crippen LogP contribution in [0.25, 0.3) is 0 Å². The van der Waals surface area contributed by atoms with Crippen LogP contribution in [0.4, 0.5) is 4.79 Å². The van der Waals surface area contributed by atoms with Gasteiger partial charge in [0, 0.05) is 25.7 Å². The molecular formula is C14H29NO5. The van der Waals surface area contributed by atoms with E-state index in [0.717, 1.165) is 0 Å². The maximum absolute atomic E-state index is 11.6. The highest BCUT2D eigenvalue weighted by Crippen LogP contribution is 2.19. The molecule has 0 aromatic heterocycles. The Morgan fingerprint density at radius 3 is 2.30 bits per heavy atom. The van der Waals surface area contributed by atoms with Crippen molar-refractivity contribution in [1.29, 1.82) is 0 Å². The number of carbonyl (C=O) groups excluding carboxylic acids is 1. The number of aliphatic hydroxyl groups excluding tert-OH is 1. The summed E-state index contributed by atoms with van der Waals surface area (Å²) in [6.45, 7) is 9.21. The van der Waals surface area contributed by atoms with Gasteiger partial charge < -0.3 is 24.6 Å². The molecule has 0 aliphatic carbocycles. The molecule has 0 aliphatic rings.